The Hall–Kier alpha value is -1.65. The third-order valence-corrected chi connectivity index (χ3v) is 4.29. The molecule has 0 aromatic rings. The third-order valence-electron chi connectivity index (χ3n) is 3.37. The second-order valence-electron chi connectivity index (χ2n) is 7.46. The molecule has 0 bridgehead atoms. The van der Waals surface area contributed by atoms with Crippen molar-refractivity contribution in [2.45, 2.75) is 39.8 Å². The van der Waals surface area contributed by atoms with Gasteiger partial charge in [-0.3, -0.25) is 19.2 Å². The van der Waals surface area contributed by atoms with Gasteiger partial charge in [0.25, 0.3) is 0 Å². The molecule has 0 rings (SSSR count). The number of likely N-dealkylation sites (N-methyl/N-ethyl adjacent to an activating group) is 1. The van der Waals surface area contributed by atoms with E-state index >= 15 is 0 Å². The molecule has 0 aromatic carbocycles. The van der Waals surface area contributed by atoms with Crippen molar-refractivity contribution in [1.29, 1.82) is 0 Å². The van der Waals surface area contributed by atoms with Gasteiger partial charge in [-0.25, -0.2) is 0 Å². The van der Waals surface area contributed by atoms with Crippen molar-refractivity contribution in [3.8, 4) is 0 Å². The van der Waals surface area contributed by atoms with Crippen LogP contribution in [-0.2, 0) is 19.2 Å². The van der Waals surface area contributed by atoms with Crippen LogP contribution in [0.5, 0.6) is 0 Å². The van der Waals surface area contributed by atoms with E-state index in [0.717, 1.165) is 0 Å². The predicted octanol–water partition coefficient (Wildman–Crippen LogP) is -1.05. The Kier molecular flexibility index (Phi) is 11.2. The monoisotopic (exact) mass is 404 g/mol. The van der Waals surface area contributed by atoms with E-state index < -0.39 is 35.9 Å². The number of carbonyl (C=O) groups excluding carboxylic acids is 4. The molecule has 2 atom stereocenters. The largest absolute Gasteiger partial charge is 0.394 e. The molecule has 3 amide bonds. The fourth-order valence-corrected chi connectivity index (χ4v) is 2.92. The number of nitrogens with one attached hydrogen (secondary N) is 3. The Labute approximate surface area is 165 Å². The minimum Gasteiger partial charge on any atom is -0.394 e. The lowest BCUT2D eigenvalue weighted by Gasteiger charge is -2.27. The second kappa shape index (κ2) is 11.9. The van der Waals surface area contributed by atoms with E-state index in [2.05, 4.69) is 16.0 Å². The standard InChI is InChI=1S/C17H32N4O5S/c1-11(23)18-10-27-9-13(15(25)17(2,3)4)20-16(26)12(8-22)19-14(24)7-21(5)6/h12-13,22H,7-10H2,1-6H3,(H,18,23)(H,19,24)(H,20,26)/t12-,13?/m0/s1. The predicted molar refractivity (Wildman–Crippen MR) is 105 cm³/mol. The van der Waals surface area contributed by atoms with Crippen molar-refractivity contribution in [2.24, 2.45) is 5.41 Å². The van der Waals surface area contributed by atoms with E-state index in [1.165, 1.54) is 18.7 Å². The summed E-state index contributed by atoms with van der Waals surface area (Å²) in [4.78, 5) is 49.5. The summed E-state index contributed by atoms with van der Waals surface area (Å²) in [6, 6.07) is -1.95. The molecule has 0 aliphatic carbocycles. The quantitative estimate of drug-likeness (QED) is 0.256. The first kappa shape index (κ1) is 25.4. The highest BCUT2D eigenvalue weighted by Crippen LogP contribution is 2.19. The molecular formula is C17H32N4O5S. The van der Waals surface area contributed by atoms with E-state index in [1.807, 2.05) is 0 Å². The summed E-state index contributed by atoms with van der Waals surface area (Å²) in [5, 5.41) is 17.1. The third kappa shape index (κ3) is 10.9. The van der Waals surface area contributed by atoms with E-state index in [0.29, 0.717) is 5.88 Å². The lowest BCUT2D eigenvalue weighted by Crippen LogP contribution is -2.56. The van der Waals surface area contributed by atoms with Gasteiger partial charge in [0, 0.05) is 18.1 Å². The minimum absolute atomic E-state index is 0.0701. The van der Waals surface area contributed by atoms with Crippen molar-refractivity contribution in [2.75, 3.05) is 38.9 Å². The van der Waals surface area contributed by atoms with E-state index in [1.54, 1.807) is 39.8 Å². The van der Waals surface area contributed by atoms with Gasteiger partial charge in [0.05, 0.1) is 25.1 Å². The minimum atomic E-state index is -1.15. The molecule has 0 spiro atoms. The van der Waals surface area contributed by atoms with E-state index in [-0.39, 0.29) is 24.0 Å². The SMILES string of the molecule is CC(=O)NCSCC(NC(=O)[C@H](CO)NC(=O)CN(C)C)C(=O)C(C)(C)C. The number of ketones is 1. The zero-order chi connectivity index (χ0) is 21.2. The topological polar surface area (TPSA) is 128 Å². The van der Waals surface area contributed by atoms with Crippen LogP contribution in [0.1, 0.15) is 27.7 Å². The number of rotatable bonds is 11. The van der Waals surface area contributed by atoms with Crippen LogP contribution in [0.2, 0.25) is 0 Å². The van der Waals surface area contributed by atoms with Gasteiger partial charge < -0.3 is 26.0 Å². The summed E-state index contributed by atoms with van der Waals surface area (Å²) < 4.78 is 0. The van der Waals surface area contributed by atoms with Crippen molar-refractivity contribution in [3.63, 3.8) is 0 Å². The maximum atomic E-state index is 12.6. The first-order chi connectivity index (χ1) is 12.4. The second-order valence-corrected chi connectivity index (χ2v) is 8.49. The van der Waals surface area contributed by atoms with Gasteiger partial charge in [0.15, 0.2) is 5.78 Å². The zero-order valence-corrected chi connectivity index (χ0v) is 17.7. The number of Topliss-reactive ketones (excluding diaryl/α,β-unsaturated/α-hetero) is 1. The van der Waals surface area contributed by atoms with Crippen LogP contribution < -0.4 is 16.0 Å². The molecule has 0 heterocycles. The highest BCUT2D eigenvalue weighted by atomic mass is 32.2. The van der Waals surface area contributed by atoms with Crippen LogP contribution in [-0.4, -0.2) is 84.5 Å². The normalized spacial score (nSPS) is 13.6. The highest BCUT2D eigenvalue weighted by Gasteiger charge is 2.32. The number of carbonyl (C=O) groups is 4. The summed E-state index contributed by atoms with van der Waals surface area (Å²) in [5.74, 6) is -0.842. The van der Waals surface area contributed by atoms with E-state index in [9.17, 15) is 24.3 Å². The average molecular weight is 405 g/mol. The number of thioether (sulfide) groups is 1. The summed E-state index contributed by atoms with van der Waals surface area (Å²) in [7, 11) is 3.41. The number of hydrogen-bond acceptors (Lipinski definition) is 7. The van der Waals surface area contributed by atoms with Gasteiger partial charge in [-0.05, 0) is 14.1 Å². The smallest absolute Gasteiger partial charge is 0.245 e. The molecule has 9 nitrogen and oxygen atoms in total. The Bertz CT molecular complexity index is 534. The highest BCUT2D eigenvalue weighted by molar-refractivity contribution is 7.99. The molecule has 0 saturated heterocycles. The van der Waals surface area contributed by atoms with Gasteiger partial charge >= 0.3 is 0 Å². The Balaban J connectivity index is 4.98. The van der Waals surface area contributed by atoms with Gasteiger partial charge in [-0.15, -0.1) is 11.8 Å². The maximum absolute atomic E-state index is 12.6. The molecule has 4 N–H and O–H groups in total. The Morgan fingerprint density at radius 1 is 1.07 bits per heavy atom. The number of amides is 3. The lowest BCUT2D eigenvalue weighted by atomic mass is 9.87. The van der Waals surface area contributed by atoms with Gasteiger partial charge in [0.1, 0.15) is 6.04 Å². The summed E-state index contributed by atoms with van der Waals surface area (Å²) in [6.45, 7) is 6.11. The van der Waals surface area contributed by atoms with Gasteiger partial charge in [0.2, 0.25) is 17.7 Å². The molecule has 0 aromatic heterocycles. The molecule has 1 unspecified atom stereocenters. The number of aliphatic hydroxyl groups is 1. The average Bonchev–Trinajstić information content (AvgIpc) is 2.52. The lowest BCUT2D eigenvalue weighted by molar-refractivity contribution is -0.134. The Morgan fingerprint density at radius 2 is 1.67 bits per heavy atom. The molecule has 0 radical (unpaired) electrons. The number of aliphatic hydroxyl groups excluding tert-OH is 1. The van der Waals surface area contributed by atoms with Crippen LogP contribution in [0.15, 0.2) is 0 Å². The molecule has 0 saturated carbocycles. The molecule has 10 heteroatoms. The van der Waals surface area contributed by atoms with Gasteiger partial charge in [-0.2, -0.15) is 0 Å². The van der Waals surface area contributed by atoms with E-state index in [4.69, 9.17) is 0 Å². The van der Waals surface area contributed by atoms with Crippen molar-refractivity contribution in [1.82, 2.24) is 20.9 Å². The molecule has 0 aliphatic rings. The first-order valence-corrected chi connectivity index (χ1v) is 9.75. The fraction of sp³-hybridized carbons (Fsp3) is 0.765. The number of nitrogens with zero attached hydrogens (tertiary/aromatic N) is 1. The van der Waals surface area contributed by atoms with Gasteiger partial charge in [-0.1, -0.05) is 20.8 Å². The molecular weight excluding hydrogens is 372 g/mol. The fourth-order valence-electron chi connectivity index (χ4n) is 2.03. The summed E-state index contributed by atoms with van der Waals surface area (Å²) in [5.41, 5.74) is -0.685. The molecule has 0 fully saturated rings. The van der Waals surface area contributed by atoms with Crippen LogP contribution >= 0.6 is 11.8 Å². The van der Waals surface area contributed by atoms with Crippen molar-refractivity contribution < 1.29 is 24.3 Å². The van der Waals surface area contributed by atoms with Crippen molar-refractivity contribution in [3.05, 3.63) is 0 Å². The van der Waals surface area contributed by atoms with Crippen LogP contribution in [0.3, 0.4) is 0 Å². The zero-order valence-electron chi connectivity index (χ0n) is 16.9. The summed E-state index contributed by atoms with van der Waals surface area (Å²) >= 11 is 1.29. The first-order valence-electron chi connectivity index (χ1n) is 8.60. The van der Waals surface area contributed by atoms with Crippen molar-refractivity contribution >= 4 is 35.3 Å². The Morgan fingerprint density at radius 3 is 2.11 bits per heavy atom. The number of hydrogen-bond donors (Lipinski definition) is 4. The van der Waals surface area contributed by atoms with Crippen LogP contribution in [0.25, 0.3) is 0 Å². The maximum Gasteiger partial charge on any atom is 0.245 e. The molecule has 27 heavy (non-hydrogen) atoms. The summed E-state index contributed by atoms with van der Waals surface area (Å²) in [6.07, 6.45) is 0. The molecule has 0 aliphatic heterocycles. The van der Waals surface area contributed by atoms with Crippen LogP contribution in [0, 0.1) is 5.41 Å². The molecule has 156 valence electrons. The van der Waals surface area contributed by atoms with Crippen LogP contribution in [0.4, 0.5) is 0 Å².